The van der Waals surface area contributed by atoms with Crippen molar-refractivity contribution in [2.75, 3.05) is 41.3 Å². The molecule has 1 aliphatic heterocycles. The number of hydrogen-bond donors (Lipinski definition) is 1. The van der Waals surface area contributed by atoms with E-state index in [-0.39, 0.29) is 0 Å². The van der Waals surface area contributed by atoms with E-state index in [2.05, 4.69) is 40.0 Å². The Morgan fingerprint density at radius 2 is 1.69 bits per heavy atom. The van der Waals surface area contributed by atoms with Gasteiger partial charge >= 0.3 is 0 Å². The lowest BCUT2D eigenvalue weighted by Crippen LogP contribution is -2.47. The van der Waals surface area contributed by atoms with Gasteiger partial charge in [0.05, 0.1) is 0 Å². The van der Waals surface area contributed by atoms with Crippen molar-refractivity contribution in [3.63, 3.8) is 0 Å². The van der Waals surface area contributed by atoms with Gasteiger partial charge in [-0.25, -0.2) is 19.9 Å². The van der Waals surface area contributed by atoms with Crippen LogP contribution >= 0.6 is 0 Å². The molecule has 0 saturated carbocycles. The molecule has 26 heavy (non-hydrogen) atoms. The number of hydrogen-bond acceptors (Lipinski definition) is 8. The Morgan fingerprint density at radius 1 is 0.885 bits per heavy atom. The largest absolute Gasteiger partial charge is 0.366 e. The zero-order chi connectivity index (χ0) is 17.6. The van der Waals surface area contributed by atoms with Crippen LogP contribution in [0, 0.1) is 0 Å². The van der Waals surface area contributed by atoms with Crippen molar-refractivity contribution < 1.29 is 0 Å². The summed E-state index contributed by atoms with van der Waals surface area (Å²) in [6.45, 7) is 4.16. The van der Waals surface area contributed by atoms with E-state index in [1.165, 1.54) is 0 Å². The van der Waals surface area contributed by atoms with E-state index in [1.807, 2.05) is 30.5 Å². The molecule has 0 aromatic carbocycles. The predicted octanol–water partition coefficient (Wildman–Crippen LogP) is 1.60. The summed E-state index contributed by atoms with van der Waals surface area (Å²) in [7, 11) is 0. The fourth-order valence-electron chi connectivity index (χ4n) is 2.90. The Morgan fingerprint density at radius 3 is 2.46 bits per heavy atom. The fraction of sp³-hybridized carbons (Fsp3) is 0.278. The zero-order valence-electron chi connectivity index (χ0n) is 14.4. The Balaban J connectivity index is 1.36. The van der Waals surface area contributed by atoms with Crippen molar-refractivity contribution in [2.24, 2.45) is 0 Å². The molecular weight excluding hydrogens is 328 g/mol. The van der Waals surface area contributed by atoms with Crippen molar-refractivity contribution in [3.8, 4) is 0 Å². The van der Waals surface area contributed by atoms with Gasteiger partial charge in [0.2, 0.25) is 5.95 Å². The Labute approximate surface area is 152 Å². The minimum Gasteiger partial charge on any atom is -0.366 e. The molecule has 4 heterocycles. The van der Waals surface area contributed by atoms with Gasteiger partial charge < -0.3 is 15.1 Å². The van der Waals surface area contributed by atoms with Crippen LogP contribution < -0.4 is 15.1 Å². The highest BCUT2D eigenvalue weighted by molar-refractivity contribution is 5.50. The summed E-state index contributed by atoms with van der Waals surface area (Å²) in [5, 5.41) is 3.33. The number of pyridine rings is 1. The highest BCUT2D eigenvalue weighted by Gasteiger charge is 2.20. The first kappa shape index (κ1) is 16.2. The first-order valence-electron chi connectivity index (χ1n) is 8.60. The molecule has 3 aromatic rings. The lowest BCUT2D eigenvalue weighted by atomic mass is 10.3. The number of nitrogens with one attached hydrogen (secondary N) is 1. The number of anilines is 3. The van der Waals surface area contributed by atoms with Gasteiger partial charge in [-0.05, 0) is 17.7 Å². The first-order chi connectivity index (χ1) is 12.9. The van der Waals surface area contributed by atoms with E-state index >= 15 is 0 Å². The molecule has 1 fully saturated rings. The summed E-state index contributed by atoms with van der Waals surface area (Å²) in [6, 6.07) is 7.79. The molecular formula is C18H20N8. The van der Waals surface area contributed by atoms with Crippen LogP contribution in [0.5, 0.6) is 0 Å². The summed E-state index contributed by atoms with van der Waals surface area (Å²) >= 11 is 0. The zero-order valence-corrected chi connectivity index (χ0v) is 14.4. The number of nitrogens with zero attached hydrogens (tertiary/aromatic N) is 7. The third-order valence-corrected chi connectivity index (χ3v) is 4.29. The van der Waals surface area contributed by atoms with Crippen molar-refractivity contribution in [1.29, 1.82) is 0 Å². The van der Waals surface area contributed by atoms with E-state index in [1.54, 1.807) is 24.9 Å². The third kappa shape index (κ3) is 3.85. The maximum absolute atomic E-state index is 4.43. The topological polar surface area (TPSA) is 83.0 Å². The van der Waals surface area contributed by atoms with Gasteiger partial charge in [0, 0.05) is 63.6 Å². The minimum absolute atomic E-state index is 0.684. The van der Waals surface area contributed by atoms with E-state index in [9.17, 15) is 0 Å². The molecule has 0 aliphatic carbocycles. The average Bonchev–Trinajstić information content (AvgIpc) is 2.74. The normalized spacial score (nSPS) is 14.3. The molecule has 0 amide bonds. The Hall–Kier alpha value is -3.29. The molecule has 0 spiro atoms. The smallest absolute Gasteiger partial charge is 0.225 e. The summed E-state index contributed by atoms with van der Waals surface area (Å²) in [4.78, 5) is 26.0. The number of aromatic nitrogens is 5. The van der Waals surface area contributed by atoms with Crippen LogP contribution in [0.15, 0.2) is 55.4 Å². The molecule has 3 aromatic heterocycles. The lowest BCUT2D eigenvalue weighted by Gasteiger charge is -2.35. The predicted molar refractivity (Wildman–Crippen MR) is 100 cm³/mol. The van der Waals surface area contributed by atoms with Crippen LogP contribution in [-0.2, 0) is 6.54 Å². The number of piperazine rings is 1. The molecule has 8 nitrogen and oxygen atoms in total. The third-order valence-electron chi connectivity index (χ3n) is 4.29. The van der Waals surface area contributed by atoms with Crippen LogP contribution in [0.25, 0.3) is 0 Å². The molecule has 4 rings (SSSR count). The average molecular weight is 348 g/mol. The van der Waals surface area contributed by atoms with Crippen molar-refractivity contribution in [2.45, 2.75) is 6.54 Å². The first-order valence-corrected chi connectivity index (χ1v) is 8.60. The van der Waals surface area contributed by atoms with Gasteiger partial charge in [0.25, 0.3) is 0 Å². The van der Waals surface area contributed by atoms with Crippen LogP contribution in [0.3, 0.4) is 0 Å². The van der Waals surface area contributed by atoms with E-state index in [0.717, 1.165) is 49.3 Å². The van der Waals surface area contributed by atoms with E-state index < -0.39 is 0 Å². The van der Waals surface area contributed by atoms with Gasteiger partial charge in [0.15, 0.2) is 0 Å². The summed E-state index contributed by atoms with van der Waals surface area (Å²) in [5.74, 6) is 2.53. The second-order valence-corrected chi connectivity index (χ2v) is 6.00. The van der Waals surface area contributed by atoms with Crippen molar-refractivity contribution in [1.82, 2.24) is 24.9 Å². The van der Waals surface area contributed by atoms with Crippen molar-refractivity contribution in [3.05, 3.63) is 60.9 Å². The van der Waals surface area contributed by atoms with E-state index in [0.29, 0.717) is 6.54 Å². The van der Waals surface area contributed by atoms with Crippen LogP contribution in [0.4, 0.5) is 17.6 Å². The Kier molecular flexibility index (Phi) is 4.81. The molecule has 8 heteroatoms. The van der Waals surface area contributed by atoms with Crippen LogP contribution in [0.2, 0.25) is 0 Å². The Bertz CT molecular complexity index is 819. The molecule has 0 bridgehead atoms. The molecule has 1 aliphatic rings. The molecule has 132 valence electrons. The van der Waals surface area contributed by atoms with E-state index in [4.69, 9.17) is 0 Å². The molecule has 0 unspecified atom stereocenters. The van der Waals surface area contributed by atoms with Gasteiger partial charge in [0.1, 0.15) is 18.0 Å². The van der Waals surface area contributed by atoms with Gasteiger partial charge in [-0.2, -0.15) is 0 Å². The van der Waals surface area contributed by atoms with Crippen LogP contribution in [0.1, 0.15) is 5.56 Å². The second kappa shape index (κ2) is 7.73. The SMILES string of the molecule is c1cnc(N2CCN(c3cc(NCc4cccnc4)ncn3)CC2)nc1. The van der Waals surface area contributed by atoms with Gasteiger partial charge in [-0.3, -0.25) is 4.98 Å². The lowest BCUT2D eigenvalue weighted by molar-refractivity contribution is 0.634. The monoisotopic (exact) mass is 348 g/mol. The quantitative estimate of drug-likeness (QED) is 0.744. The van der Waals surface area contributed by atoms with Gasteiger partial charge in [-0.1, -0.05) is 6.07 Å². The molecule has 0 atom stereocenters. The fourth-order valence-corrected chi connectivity index (χ4v) is 2.90. The molecule has 1 N–H and O–H groups in total. The highest BCUT2D eigenvalue weighted by Crippen LogP contribution is 2.18. The summed E-state index contributed by atoms with van der Waals surface area (Å²) in [6.07, 6.45) is 8.78. The van der Waals surface area contributed by atoms with Crippen LogP contribution in [-0.4, -0.2) is 51.1 Å². The second-order valence-electron chi connectivity index (χ2n) is 6.00. The number of rotatable bonds is 5. The maximum atomic E-state index is 4.43. The highest BCUT2D eigenvalue weighted by atomic mass is 15.3. The molecule has 0 radical (unpaired) electrons. The summed E-state index contributed by atoms with van der Waals surface area (Å²) in [5.41, 5.74) is 1.11. The van der Waals surface area contributed by atoms with Crippen molar-refractivity contribution >= 4 is 17.6 Å². The molecule has 1 saturated heterocycles. The maximum Gasteiger partial charge on any atom is 0.225 e. The summed E-state index contributed by atoms with van der Waals surface area (Å²) < 4.78 is 0. The minimum atomic E-state index is 0.684. The standard InChI is InChI=1S/C18H20N8/c1-3-15(12-19-4-1)13-22-16-11-17(24-14-23-16)25-7-9-26(10-8-25)18-20-5-2-6-21-18/h1-6,11-12,14H,7-10,13H2,(H,22,23,24). The van der Waals surface area contributed by atoms with Gasteiger partial charge in [-0.15, -0.1) is 0 Å².